The van der Waals surface area contributed by atoms with Gasteiger partial charge in [0.25, 0.3) is 5.91 Å². The average molecular weight is 382 g/mol. The van der Waals surface area contributed by atoms with E-state index in [0.717, 1.165) is 12.1 Å². The van der Waals surface area contributed by atoms with Crippen molar-refractivity contribution in [3.8, 4) is 0 Å². The molecule has 2 aromatic carbocycles. The predicted octanol–water partition coefficient (Wildman–Crippen LogP) is 3.51. The van der Waals surface area contributed by atoms with Crippen LogP contribution in [0.2, 0.25) is 0 Å². The summed E-state index contributed by atoms with van der Waals surface area (Å²) in [5.74, 6) is -0.607. The monoisotopic (exact) mass is 382 g/mol. The topological polar surface area (TPSA) is 67.9 Å². The number of hydrogen-bond donors (Lipinski definition) is 1. The Morgan fingerprint density at radius 3 is 2.43 bits per heavy atom. The Morgan fingerprint density at radius 1 is 1.07 bits per heavy atom. The lowest BCUT2D eigenvalue weighted by atomic mass is 10.1. The highest BCUT2D eigenvalue weighted by Gasteiger charge is 2.21. The third-order valence-corrected chi connectivity index (χ3v) is 4.73. The molecule has 1 heterocycles. The number of carbonyl (C=O) groups excluding carboxylic acids is 2. The van der Waals surface area contributed by atoms with E-state index >= 15 is 0 Å². The van der Waals surface area contributed by atoms with Gasteiger partial charge in [-0.25, -0.2) is 4.79 Å². The number of carbonyl (C=O) groups is 2. The summed E-state index contributed by atoms with van der Waals surface area (Å²) < 4.78 is 10.6. The fourth-order valence-corrected chi connectivity index (χ4v) is 3.16. The largest absolute Gasteiger partial charge is 0.462 e. The van der Waals surface area contributed by atoms with E-state index in [4.69, 9.17) is 9.47 Å². The summed E-state index contributed by atoms with van der Waals surface area (Å²) >= 11 is 0. The first kappa shape index (κ1) is 19.9. The van der Waals surface area contributed by atoms with Crippen LogP contribution < -0.4 is 10.2 Å². The highest BCUT2D eigenvalue weighted by Crippen LogP contribution is 2.26. The Kier molecular flexibility index (Phi) is 6.66. The molecular formula is C22H26N2O4. The highest BCUT2D eigenvalue weighted by atomic mass is 16.5. The lowest BCUT2D eigenvalue weighted by Gasteiger charge is -2.30. The van der Waals surface area contributed by atoms with E-state index < -0.39 is 5.97 Å². The molecule has 148 valence electrons. The van der Waals surface area contributed by atoms with Crippen LogP contribution in [0.25, 0.3) is 0 Å². The molecule has 3 rings (SSSR count). The van der Waals surface area contributed by atoms with Gasteiger partial charge in [0.05, 0.1) is 31.1 Å². The molecule has 1 aliphatic heterocycles. The number of anilines is 2. The van der Waals surface area contributed by atoms with E-state index in [1.807, 2.05) is 36.4 Å². The lowest BCUT2D eigenvalue weighted by Crippen LogP contribution is -2.37. The zero-order chi connectivity index (χ0) is 19.9. The minimum Gasteiger partial charge on any atom is -0.462 e. The van der Waals surface area contributed by atoms with Crippen LogP contribution in [0.1, 0.15) is 40.1 Å². The second-order valence-corrected chi connectivity index (χ2v) is 6.56. The maximum absolute atomic E-state index is 12.6. The van der Waals surface area contributed by atoms with Crippen LogP contribution in [0.15, 0.2) is 42.5 Å². The molecule has 0 unspecified atom stereocenters. The molecule has 0 aliphatic carbocycles. The molecule has 6 heteroatoms. The number of esters is 1. The first-order valence-electron chi connectivity index (χ1n) is 9.66. The van der Waals surface area contributed by atoms with Crippen molar-refractivity contribution in [2.75, 3.05) is 43.1 Å². The third-order valence-electron chi connectivity index (χ3n) is 4.73. The Labute approximate surface area is 165 Å². The van der Waals surface area contributed by atoms with Gasteiger partial charge in [-0.05, 0) is 49.2 Å². The average Bonchev–Trinajstić information content (AvgIpc) is 2.74. The minimum atomic E-state index is -0.396. The van der Waals surface area contributed by atoms with E-state index in [1.165, 1.54) is 5.56 Å². The van der Waals surface area contributed by atoms with Crippen molar-refractivity contribution in [1.29, 1.82) is 0 Å². The molecule has 1 saturated heterocycles. The molecule has 2 aromatic rings. The van der Waals surface area contributed by atoms with Crippen LogP contribution >= 0.6 is 0 Å². The van der Waals surface area contributed by atoms with Gasteiger partial charge in [0.15, 0.2) is 0 Å². The molecule has 0 radical (unpaired) electrons. The fourth-order valence-electron chi connectivity index (χ4n) is 3.16. The molecule has 0 bridgehead atoms. The molecule has 0 atom stereocenters. The zero-order valence-corrected chi connectivity index (χ0v) is 16.4. The van der Waals surface area contributed by atoms with Gasteiger partial charge in [-0.3, -0.25) is 4.79 Å². The second kappa shape index (κ2) is 9.37. The van der Waals surface area contributed by atoms with Gasteiger partial charge in [0, 0.05) is 24.3 Å². The molecule has 28 heavy (non-hydrogen) atoms. The number of amides is 1. The highest BCUT2D eigenvalue weighted by molar-refractivity contribution is 6.05. The molecular weight excluding hydrogens is 356 g/mol. The normalized spacial score (nSPS) is 13.9. The van der Waals surface area contributed by atoms with Crippen LogP contribution in [0.3, 0.4) is 0 Å². The summed E-state index contributed by atoms with van der Waals surface area (Å²) in [5, 5.41) is 2.87. The van der Waals surface area contributed by atoms with E-state index in [2.05, 4.69) is 17.1 Å². The van der Waals surface area contributed by atoms with Crippen LogP contribution in [-0.4, -0.2) is 44.8 Å². The zero-order valence-electron chi connectivity index (χ0n) is 16.4. The van der Waals surface area contributed by atoms with Crippen molar-refractivity contribution in [2.45, 2.75) is 20.3 Å². The Balaban J connectivity index is 1.83. The minimum absolute atomic E-state index is 0.211. The number of morpholine rings is 1. The summed E-state index contributed by atoms with van der Waals surface area (Å²) in [6.07, 6.45) is 0.924. The van der Waals surface area contributed by atoms with Gasteiger partial charge in [0.2, 0.25) is 0 Å². The van der Waals surface area contributed by atoms with Crippen molar-refractivity contribution < 1.29 is 19.1 Å². The number of aryl methyl sites for hydroxylation is 1. The molecule has 0 aromatic heterocycles. The van der Waals surface area contributed by atoms with Crippen molar-refractivity contribution in [3.63, 3.8) is 0 Å². The van der Waals surface area contributed by atoms with E-state index in [9.17, 15) is 9.59 Å². The summed E-state index contributed by atoms with van der Waals surface area (Å²) in [6.45, 7) is 6.80. The van der Waals surface area contributed by atoms with E-state index in [0.29, 0.717) is 49.7 Å². The van der Waals surface area contributed by atoms with Gasteiger partial charge < -0.3 is 19.7 Å². The fraction of sp³-hybridized carbons (Fsp3) is 0.364. The summed E-state index contributed by atoms with van der Waals surface area (Å²) in [6, 6.07) is 12.9. The smallest absolute Gasteiger partial charge is 0.340 e. The van der Waals surface area contributed by atoms with Crippen LogP contribution in [0.4, 0.5) is 11.4 Å². The van der Waals surface area contributed by atoms with Crippen LogP contribution in [-0.2, 0) is 15.9 Å². The van der Waals surface area contributed by atoms with Gasteiger partial charge in [-0.2, -0.15) is 0 Å². The van der Waals surface area contributed by atoms with E-state index in [-0.39, 0.29) is 5.91 Å². The Bertz CT molecular complexity index is 827. The first-order valence-corrected chi connectivity index (χ1v) is 9.66. The lowest BCUT2D eigenvalue weighted by molar-refractivity contribution is 0.0526. The van der Waals surface area contributed by atoms with Crippen molar-refractivity contribution >= 4 is 23.3 Å². The number of nitrogens with zero attached hydrogens (tertiary/aromatic N) is 1. The number of rotatable bonds is 6. The molecule has 0 spiro atoms. The molecule has 1 aliphatic rings. The molecule has 1 amide bonds. The molecule has 0 saturated carbocycles. The van der Waals surface area contributed by atoms with E-state index in [1.54, 1.807) is 13.0 Å². The Morgan fingerprint density at radius 2 is 1.79 bits per heavy atom. The number of ether oxygens (including phenoxy) is 2. The molecule has 6 nitrogen and oxygen atoms in total. The van der Waals surface area contributed by atoms with Gasteiger partial charge >= 0.3 is 5.97 Å². The standard InChI is InChI=1S/C22H26N2O4/c1-3-16-5-7-17(8-6-16)21(25)23-18-9-10-20(24-11-13-27-14-12-24)19(15-18)22(26)28-4-2/h5-10,15H,3-4,11-14H2,1-2H3,(H,23,25). The van der Waals surface area contributed by atoms with Gasteiger partial charge in [-0.15, -0.1) is 0 Å². The van der Waals surface area contributed by atoms with Crippen molar-refractivity contribution in [2.24, 2.45) is 0 Å². The summed E-state index contributed by atoms with van der Waals surface area (Å²) in [5.41, 5.74) is 3.56. The molecule has 1 N–H and O–H groups in total. The van der Waals surface area contributed by atoms with Crippen molar-refractivity contribution in [3.05, 3.63) is 59.2 Å². The van der Waals surface area contributed by atoms with Gasteiger partial charge in [-0.1, -0.05) is 19.1 Å². The quantitative estimate of drug-likeness (QED) is 0.775. The van der Waals surface area contributed by atoms with Gasteiger partial charge in [0.1, 0.15) is 0 Å². The predicted molar refractivity (Wildman–Crippen MR) is 109 cm³/mol. The maximum Gasteiger partial charge on any atom is 0.340 e. The van der Waals surface area contributed by atoms with Crippen molar-refractivity contribution in [1.82, 2.24) is 0 Å². The molecule has 1 fully saturated rings. The number of benzene rings is 2. The second-order valence-electron chi connectivity index (χ2n) is 6.56. The summed E-state index contributed by atoms with van der Waals surface area (Å²) in [4.78, 5) is 27.1. The SMILES string of the molecule is CCOC(=O)c1cc(NC(=O)c2ccc(CC)cc2)ccc1N1CCOCC1. The third kappa shape index (κ3) is 4.70. The first-order chi connectivity index (χ1) is 13.6. The van der Waals surface area contributed by atoms with Crippen LogP contribution in [0.5, 0.6) is 0 Å². The summed E-state index contributed by atoms with van der Waals surface area (Å²) in [7, 11) is 0. The Hall–Kier alpha value is -2.86. The maximum atomic E-state index is 12.6. The number of nitrogens with one attached hydrogen (secondary N) is 1. The number of hydrogen-bond acceptors (Lipinski definition) is 5. The van der Waals surface area contributed by atoms with Crippen LogP contribution in [0, 0.1) is 0 Å².